The Hall–Kier alpha value is -1.71. The van der Waals surface area contributed by atoms with Gasteiger partial charge in [0.2, 0.25) is 0 Å². The fraction of sp³-hybridized carbons (Fsp3) is 0.562. The SMILES string of the molecule is CCOC(=O)CCCCCN(CC)c1ccccc1N. The number of carbonyl (C=O) groups excluding carboxylic acids is 1. The monoisotopic (exact) mass is 278 g/mol. The summed E-state index contributed by atoms with van der Waals surface area (Å²) in [7, 11) is 0. The van der Waals surface area contributed by atoms with E-state index in [0.717, 1.165) is 43.7 Å². The Labute approximate surface area is 121 Å². The van der Waals surface area contributed by atoms with Crippen LogP contribution >= 0.6 is 0 Å². The maximum absolute atomic E-state index is 11.2. The summed E-state index contributed by atoms with van der Waals surface area (Å²) in [4.78, 5) is 13.5. The first-order valence-corrected chi connectivity index (χ1v) is 7.44. The number of nitrogens with zero attached hydrogens (tertiary/aromatic N) is 1. The van der Waals surface area contributed by atoms with E-state index < -0.39 is 0 Å². The summed E-state index contributed by atoms with van der Waals surface area (Å²) in [6.07, 6.45) is 3.50. The van der Waals surface area contributed by atoms with Crippen LogP contribution in [0, 0.1) is 0 Å². The number of rotatable bonds is 9. The third-order valence-electron chi connectivity index (χ3n) is 3.27. The summed E-state index contributed by atoms with van der Waals surface area (Å²) in [5, 5.41) is 0. The lowest BCUT2D eigenvalue weighted by Crippen LogP contribution is -2.24. The average molecular weight is 278 g/mol. The van der Waals surface area contributed by atoms with Gasteiger partial charge in [0.1, 0.15) is 0 Å². The van der Waals surface area contributed by atoms with Crippen LogP contribution < -0.4 is 10.6 Å². The Morgan fingerprint density at radius 3 is 2.60 bits per heavy atom. The zero-order valence-corrected chi connectivity index (χ0v) is 12.6. The number of para-hydroxylation sites is 2. The standard InChI is InChI=1S/C16H26N2O2/c1-3-18(15-11-8-7-10-14(15)17)13-9-5-6-12-16(19)20-4-2/h7-8,10-11H,3-6,9,12-13,17H2,1-2H3. The van der Waals surface area contributed by atoms with Crippen LogP contribution in [0.1, 0.15) is 39.5 Å². The van der Waals surface area contributed by atoms with Crippen molar-refractivity contribution in [2.24, 2.45) is 0 Å². The second-order valence-corrected chi connectivity index (χ2v) is 4.75. The predicted octanol–water partition coefficient (Wildman–Crippen LogP) is 3.22. The van der Waals surface area contributed by atoms with Gasteiger partial charge in [0.15, 0.2) is 0 Å². The maximum atomic E-state index is 11.2. The van der Waals surface area contributed by atoms with Crippen LogP contribution in [-0.2, 0) is 9.53 Å². The van der Waals surface area contributed by atoms with Crippen LogP contribution in [0.15, 0.2) is 24.3 Å². The van der Waals surface area contributed by atoms with Crippen molar-refractivity contribution in [3.05, 3.63) is 24.3 Å². The van der Waals surface area contributed by atoms with Gasteiger partial charge in [-0.15, -0.1) is 0 Å². The van der Waals surface area contributed by atoms with E-state index >= 15 is 0 Å². The minimum absolute atomic E-state index is 0.0906. The van der Waals surface area contributed by atoms with Gasteiger partial charge >= 0.3 is 5.97 Å². The van der Waals surface area contributed by atoms with Crippen molar-refractivity contribution in [2.45, 2.75) is 39.5 Å². The molecule has 1 aromatic rings. The average Bonchev–Trinajstić information content (AvgIpc) is 2.44. The summed E-state index contributed by atoms with van der Waals surface area (Å²) in [6, 6.07) is 7.94. The van der Waals surface area contributed by atoms with Crippen LogP contribution in [0.25, 0.3) is 0 Å². The zero-order valence-electron chi connectivity index (χ0n) is 12.6. The molecule has 4 nitrogen and oxygen atoms in total. The third-order valence-corrected chi connectivity index (χ3v) is 3.27. The van der Waals surface area contributed by atoms with Gasteiger partial charge < -0.3 is 15.4 Å². The quantitative estimate of drug-likeness (QED) is 0.428. The van der Waals surface area contributed by atoms with Crippen molar-refractivity contribution in [1.82, 2.24) is 0 Å². The van der Waals surface area contributed by atoms with E-state index in [-0.39, 0.29) is 5.97 Å². The fourth-order valence-electron chi connectivity index (χ4n) is 2.21. The molecule has 0 fully saturated rings. The molecule has 1 aromatic carbocycles. The number of nitrogens with two attached hydrogens (primary N) is 1. The Balaban J connectivity index is 2.29. The lowest BCUT2D eigenvalue weighted by molar-refractivity contribution is -0.143. The Bertz CT molecular complexity index is 407. The first kappa shape index (κ1) is 16.3. The second-order valence-electron chi connectivity index (χ2n) is 4.75. The summed E-state index contributed by atoms with van der Waals surface area (Å²) >= 11 is 0. The van der Waals surface area contributed by atoms with Crippen molar-refractivity contribution in [3.8, 4) is 0 Å². The van der Waals surface area contributed by atoms with E-state index in [1.54, 1.807) is 0 Å². The zero-order chi connectivity index (χ0) is 14.8. The number of unbranched alkanes of at least 4 members (excludes halogenated alkanes) is 2. The molecule has 2 N–H and O–H groups in total. The van der Waals surface area contributed by atoms with Crippen LogP contribution in [0.5, 0.6) is 0 Å². The van der Waals surface area contributed by atoms with Crippen molar-refractivity contribution in [3.63, 3.8) is 0 Å². The number of carbonyl (C=O) groups is 1. The number of anilines is 2. The van der Waals surface area contributed by atoms with Crippen molar-refractivity contribution >= 4 is 17.3 Å². The first-order valence-electron chi connectivity index (χ1n) is 7.44. The van der Waals surface area contributed by atoms with E-state index in [9.17, 15) is 4.79 Å². The number of esters is 1. The minimum atomic E-state index is -0.0906. The summed E-state index contributed by atoms with van der Waals surface area (Å²) in [6.45, 7) is 6.34. The molecular formula is C16H26N2O2. The van der Waals surface area contributed by atoms with E-state index in [1.807, 2.05) is 25.1 Å². The Morgan fingerprint density at radius 2 is 1.95 bits per heavy atom. The number of hydrogen-bond donors (Lipinski definition) is 1. The van der Waals surface area contributed by atoms with Gasteiger partial charge in [0.25, 0.3) is 0 Å². The van der Waals surface area contributed by atoms with Gasteiger partial charge in [-0.05, 0) is 38.8 Å². The van der Waals surface area contributed by atoms with Crippen LogP contribution in [-0.4, -0.2) is 25.7 Å². The third kappa shape index (κ3) is 5.51. The van der Waals surface area contributed by atoms with Gasteiger partial charge in [-0.2, -0.15) is 0 Å². The molecule has 0 saturated heterocycles. The minimum Gasteiger partial charge on any atom is -0.466 e. The molecule has 0 spiro atoms. The van der Waals surface area contributed by atoms with E-state index in [1.165, 1.54) is 0 Å². The Morgan fingerprint density at radius 1 is 1.20 bits per heavy atom. The van der Waals surface area contributed by atoms with Crippen molar-refractivity contribution in [2.75, 3.05) is 30.3 Å². The molecule has 112 valence electrons. The Kier molecular flexibility index (Phi) is 7.55. The van der Waals surface area contributed by atoms with Gasteiger partial charge in [-0.3, -0.25) is 4.79 Å². The molecule has 0 amide bonds. The van der Waals surface area contributed by atoms with Gasteiger partial charge in [-0.1, -0.05) is 18.6 Å². The highest BCUT2D eigenvalue weighted by molar-refractivity contribution is 5.69. The lowest BCUT2D eigenvalue weighted by atomic mass is 10.1. The highest BCUT2D eigenvalue weighted by Crippen LogP contribution is 2.22. The molecule has 20 heavy (non-hydrogen) atoms. The molecule has 0 aliphatic rings. The molecule has 0 bridgehead atoms. The molecule has 1 rings (SSSR count). The second kappa shape index (κ2) is 9.23. The first-order chi connectivity index (χ1) is 9.69. The number of hydrogen-bond acceptors (Lipinski definition) is 4. The summed E-state index contributed by atoms with van der Waals surface area (Å²) in [5.74, 6) is -0.0906. The van der Waals surface area contributed by atoms with Crippen LogP contribution in [0.4, 0.5) is 11.4 Å². The number of benzene rings is 1. The molecule has 0 radical (unpaired) electrons. The van der Waals surface area contributed by atoms with Gasteiger partial charge in [0, 0.05) is 19.5 Å². The predicted molar refractivity (Wildman–Crippen MR) is 83.8 cm³/mol. The smallest absolute Gasteiger partial charge is 0.305 e. The fourth-order valence-corrected chi connectivity index (χ4v) is 2.21. The van der Waals surface area contributed by atoms with E-state index in [2.05, 4.69) is 17.9 Å². The summed E-state index contributed by atoms with van der Waals surface area (Å²) in [5.41, 5.74) is 7.92. The van der Waals surface area contributed by atoms with E-state index in [0.29, 0.717) is 13.0 Å². The lowest BCUT2D eigenvalue weighted by Gasteiger charge is -2.24. The van der Waals surface area contributed by atoms with Crippen LogP contribution in [0.2, 0.25) is 0 Å². The maximum Gasteiger partial charge on any atom is 0.305 e. The molecule has 0 atom stereocenters. The van der Waals surface area contributed by atoms with Crippen molar-refractivity contribution < 1.29 is 9.53 Å². The highest BCUT2D eigenvalue weighted by atomic mass is 16.5. The topological polar surface area (TPSA) is 55.6 Å². The molecule has 0 heterocycles. The normalized spacial score (nSPS) is 10.3. The number of nitrogen functional groups attached to an aromatic ring is 1. The molecule has 0 aromatic heterocycles. The van der Waals surface area contributed by atoms with Crippen LogP contribution in [0.3, 0.4) is 0 Å². The molecule has 4 heteroatoms. The van der Waals surface area contributed by atoms with Gasteiger partial charge in [-0.25, -0.2) is 0 Å². The molecule has 0 unspecified atom stereocenters. The molecular weight excluding hydrogens is 252 g/mol. The number of ether oxygens (including phenoxy) is 1. The van der Waals surface area contributed by atoms with Gasteiger partial charge in [0.05, 0.1) is 18.0 Å². The van der Waals surface area contributed by atoms with E-state index in [4.69, 9.17) is 10.5 Å². The molecule has 0 aliphatic carbocycles. The molecule has 0 aliphatic heterocycles. The summed E-state index contributed by atoms with van der Waals surface area (Å²) < 4.78 is 4.91. The van der Waals surface area contributed by atoms with Crippen molar-refractivity contribution in [1.29, 1.82) is 0 Å². The largest absolute Gasteiger partial charge is 0.466 e. The molecule has 0 saturated carbocycles. The highest BCUT2D eigenvalue weighted by Gasteiger charge is 2.07.